The highest BCUT2D eigenvalue weighted by molar-refractivity contribution is 7.99. The van der Waals surface area contributed by atoms with E-state index in [1.165, 1.54) is 12.1 Å². The summed E-state index contributed by atoms with van der Waals surface area (Å²) in [5.74, 6) is 0.743. The van der Waals surface area contributed by atoms with Crippen LogP contribution in [0.25, 0.3) is 0 Å². The number of nitrogens with two attached hydrogens (primary N) is 1. The first-order valence-electron chi connectivity index (χ1n) is 5.06. The first kappa shape index (κ1) is 12.4. The molecule has 0 radical (unpaired) electrons. The van der Waals surface area contributed by atoms with Crippen molar-refractivity contribution in [1.29, 1.82) is 0 Å². The molecule has 1 aromatic carbocycles. The molecule has 1 nitrogen and oxygen atoms in total. The van der Waals surface area contributed by atoms with E-state index in [1.54, 1.807) is 17.8 Å². The molecule has 0 saturated heterocycles. The zero-order chi connectivity index (χ0) is 11.5. The Morgan fingerprint density at radius 2 is 2.00 bits per heavy atom. The maximum Gasteiger partial charge on any atom is 0.125 e. The molecule has 0 saturated carbocycles. The van der Waals surface area contributed by atoms with Gasteiger partial charge in [0.25, 0.3) is 0 Å². The lowest BCUT2D eigenvalue weighted by Crippen LogP contribution is -2.05. The van der Waals surface area contributed by atoms with E-state index in [9.17, 15) is 4.39 Å². The Morgan fingerprint density at radius 1 is 1.33 bits per heavy atom. The molecule has 15 heavy (non-hydrogen) atoms. The van der Waals surface area contributed by atoms with Crippen molar-refractivity contribution < 1.29 is 4.39 Å². The number of halogens is 1. The standard InChI is InChI=1S/C12H18FNS/c1-12(2,3)6-7-15-11-5-4-9(13)8-10(11)14/h4-5,8H,6-7,14H2,1-3H3. The fraction of sp³-hybridized carbons (Fsp3) is 0.500. The number of thioether (sulfide) groups is 1. The number of rotatable bonds is 3. The van der Waals surface area contributed by atoms with Gasteiger partial charge in [-0.25, -0.2) is 4.39 Å². The predicted molar refractivity (Wildman–Crippen MR) is 65.6 cm³/mol. The molecular weight excluding hydrogens is 209 g/mol. The maximum atomic E-state index is 12.8. The number of hydrogen-bond acceptors (Lipinski definition) is 2. The van der Waals surface area contributed by atoms with E-state index in [0.29, 0.717) is 11.1 Å². The van der Waals surface area contributed by atoms with Crippen molar-refractivity contribution in [3.63, 3.8) is 0 Å². The van der Waals surface area contributed by atoms with Gasteiger partial charge in [0.2, 0.25) is 0 Å². The third-order valence-electron chi connectivity index (χ3n) is 2.08. The molecule has 0 aromatic heterocycles. The van der Waals surface area contributed by atoms with Crippen molar-refractivity contribution in [3.8, 4) is 0 Å². The van der Waals surface area contributed by atoms with Crippen LogP contribution in [0.15, 0.2) is 23.1 Å². The molecule has 0 atom stereocenters. The molecule has 2 N–H and O–H groups in total. The van der Waals surface area contributed by atoms with Crippen LogP contribution >= 0.6 is 11.8 Å². The van der Waals surface area contributed by atoms with Crippen LogP contribution in [0.4, 0.5) is 10.1 Å². The van der Waals surface area contributed by atoms with Gasteiger partial charge in [-0.15, -0.1) is 11.8 Å². The topological polar surface area (TPSA) is 26.0 Å². The first-order chi connectivity index (χ1) is 6.88. The van der Waals surface area contributed by atoms with Crippen LogP contribution in [0, 0.1) is 11.2 Å². The molecule has 0 fully saturated rings. The normalized spacial score (nSPS) is 11.7. The fourth-order valence-corrected chi connectivity index (χ4v) is 2.44. The van der Waals surface area contributed by atoms with Gasteiger partial charge in [-0.05, 0) is 35.8 Å². The Kier molecular flexibility index (Phi) is 4.03. The zero-order valence-electron chi connectivity index (χ0n) is 9.51. The third kappa shape index (κ3) is 4.56. The molecule has 0 heterocycles. The summed E-state index contributed by atoms with van der Waals surface area (Å²) in [6, 6.07) is 4.58. The van der Waals surface area contributed by atoms with Gasteiger partial charge in [0.15, 0.2) is 0 Å². The Labute approximate surface area is 95.2 Å². The van der Waals surface area contributed by atoms with E-state index in [4.69, 9.17) is 5.73 Å². The Balaban J connectivity index is 2.51. The summed E-state index contributed by atoms with van der Waals surface area (Å²) in [5, 5.41) is 0. The number of hydrogen-bond donors (Lipinski definition) is 1. The molecule has 0 spiro atoms. The predicted octanol–water partition coefficient (Wildman–Crippen LogP) is 3.94. The summed E-state index contributed by atoms with van der Waals surface area (Å²) in [7, 11) is 0. The highest BCUT2D eigenvalue weighted by Crippen LogP contribution is 2.29. The highest BCUT2D eigenvalue weighted by atomic mass is 32.2. The smallest absolute Gasteiger partial charge is 0.125 e. The summed E-state index contributed by atoms with van der Waals surface area (Å²) >= 11 is 1.69. The summed E-state index contributed by atoms with van der Waals surface area (Å²) in [6.45, 7) is 6.63. The van der Waals surface area contributed by atoms with Crippen LogP contribution in [0.2, 0.25) is 0 Å². The molecule has 3 heteroatoms. The van der Waals surface area contributed by atoms with E-state index in [-0.39, 0.29) is 5.82 Å². The Hall–Kier alpha value is -0.700. The molecule has 0 bridgehead atoms. The largest absolute Gasteiger partial charge is 0.398 e. The Bertz CT molecular complexity index is 331. The molecule has 0 aliphatic rings. The van der Waals surface area contributed by atoms with Gasteiger partial charge in [-0.3, -0.25) is 0 Å². The molecule has 0 unspecified atom stereocenters. The third-order valence-corrected chi connectivity index (χ3v) is 3.17. The van der Waals surface area contributed by atoms with E-state index in [1.807, 2.05) is 0 Å². The highest BCUT2D eigenvalue weighted by Gasteiger charge is 2.10. The molecular formula is C12H18FNS. The molecule has 1 aromatic rings. The second-order valence-corrected chi connectivity index (χ2v) is 5.98. The van der Waals surface area contributed by atoms with Crippen LogP contribution in [0.5, 0.6) is 0 Å². The second kappa shape index (κ2) is 4.88. The van der Waals surface area contributed by atoms with Gasteiger partial charge < -0.3 is 5.73 Å². The molecule has 0 aliphatic carbocycles. The van der Waals surface area contributed by atoms with Crippen molar-refractivity contribution in [2.24, 2.45) is 5.41 Å². The lowest BCUT2D eigenvalue weighted by molar-refractivity contribution is 0.401. The molecule has 0 aliphatic heterocycles. The minimum absolute atomic E-state index is 0.271. The minimum atomic E-state index is -0.271. The number of benzene rings is 1. The van der Waals surface area contributed by atoms with Gasteiger partial charge >= 0.3 is 0 Å². The van der Waals surface area contributed by atoms with Crippen molar-refractivity contribution in [3.05, 3.63) is 24.0 Å². The number of anilines is 1. The monoisotopic (exact) mass is 227 g/mol. The fourth-order valence-electron chi connectivity index (χ4n) is 1.12. The van der Waals surface area contributed by atoms with Crippen LogP contribution in [-0.4, -0.2) is 5.75 Å². The van der Waals surface area contributed by atoms with Gasteiger partial charge in [-0.2, -0.15) is 0 Å². The van der Waals surface area contributed by atoms with Crippen LogP contribution in [0.3, 0.4) is 0 Å². The van der Waals surface area contributed by atoms with Crippen LogP contribution in [0.1, 0.15) is 27.2 Å². The van der Waals surface area contributed by atoms with Crippen molar-refractivity contribution >= 4 is 17.4 Å². The van der Waals surface area contributed by atoms with Gasteiger partial charge in [0.1, 0.15) is 5.82 Å². The lowest BCUT2D eigenvalue weighted by Gasteiger charge is -2.17. The van der Waals surface area contributed by atoms with Gasteiger partial charge in [0.05, 0.1) is 0 Å². The lowest BCUT2D eigenvalue weighted by atomic mass is 9.94. The van der Waals surface area contributed by atoms with Gasteiger partial charge in [0, 0.05) is 10.6 Å². The average Bonchev–Trinajstić information content (AvgIpc) is 2.07. The molecule has 0 amide bonds. The van der Waals surface area contributed by atoms with E-state index in [2.05, 4.69) is 20.8 Å². The summed E-state index contributed by atoms with van der Waals surface area (Å²) in [4.78, 5) is 0.973. The summed E-state index contributed by atoms with van der Waals surface area (Å²) in [6.07, 6.45) is 1.12. The van der Waals surface area contributed by atoms with E-state index in [0.717, 1.165) is 17.1 Å². The second-order valence-electron chi connectivity index (χ2n) is 4.84. The average molecular weight is 227 g/mol. The summed E-state index contributed by atoms with van der Waals surface area (Å²) in [5.41, 5.74) is 6.58. The SMILES string of the molecule is CC(C)(C)CCSc1ccc(F)cc1N. The van der Waals surface area contributed by atoms with Crippen molar-refractivity contribution in [2.45, 2.75) is 32.1 Å². The quantitative estimate of drug-likeness (QED) is 0.625. The summed E-state index contributed by atoms with van der Waals surface area (Å²) < 4.78 is 12.8. The Morgan fingerprint density at radius 3 is 2.53 bits per heavy atom. The van der Waals surface area contributed by atoms with Crippen LogP contribution < -0.4 is 5.73 Å². The van der Waals surface area contributed by atoms with E-state index < -0.39 is 0 Å². The maximum absolute atomic E-state index is 12.8. The number of nitrogen functional groups attached to an aromatic ring is 1. The first-order valence-corrected chi connectivity index (χ1v) is 6.05. The minimum Gasteiger partial charge on any atom is -0.398 e. The van der Waals surface area contributed by atoms with Crippen LogP contribution in [-0.2, 0) is 0 Å². The van der Waals surface area contributed by atoms with E-state index >= 15 is 0 Å². The van der Waals surface area contributed by atoms with Gasteiger partial charge in [-0.1, -0.05) is 20.8 Å². The van der Waals surface area contributed by atoms with Crippen molar-refractivity contribution in [1.82, 2.24) is 0 Å². The molecule has 84 valence electrons. The van der Waals surface area contributed by atoms with Crippen molar-refractivity contribution in [2.75, 3.05) is 11.5 Å². The molecule has 1 rings (SSSR count). The zero-order valence-corrected chi connectivity index (χ0v) is 10.3.